The summed E-state index contributed by atoms with van der Waals surface area (Å²) in [7, 11) is 0. The van der Waals surface area contributed by atoms with Crippen molar-refractivity contribution in [3.8, 4) is 11.8 Å². The first-order valence-corrected chi connectivity index (χ1v) is 7.62. The number of aromatic hydroxyl groups is 1. The first kappa shape index (κ1) is 17.3. The van der Waals surface area contributed by atoms with Gasteiger partial charge in [-0.25, -0.2) is 0 Å². The van der Waals surface area contributed by atoms with Crippen molar-refractivity contribution in [3.05, 3.63) is 70.8 Å². The van der Waals surface area contributed by atoms with Gasteiger partial charge in [0.2, 0.25) is 0 Å². The van der Waals surface area contributed by atoms with E-state index in [2.05, 4.69) is 5.32 Å². The van der Waals surface area contributed by atoms with E-state index in [1.807, 2.05) is 51.1 Å². The Kier molecular flexibility index (Phi) is 5.05. The van der Waals surface area contributed by atoms with Gasteiger partial charge in [-0.05, 0) is 50.1 Å². The molecule has 0 aliphatic rings. The average Bonchev–Trinajstić information content (AvgIpc) is 2.52. The number of nitrogens with one attached hydrogen (secondary N) is 1. The highest BCUT2D eigenvalue weighted by molar-refractivity contribution is 6.02. The van der Waals surface area contributed by atoms with Crippen LogP contribution in [0.2, 0.25) is 0 Å². The zero-order chi connectivity index (χ0) is 17.7. The van der Waals surface area contributed by atoms with Gasteiger partial charge in [0.25, 0.3) is 5.91 Å². The van der Waals surface area contributed by atoms with E-state index < -0.39 is 11.4 Å². The fourth-order valence-corrected chi connectivity index (χ4v) is 2.32. The minimum atomic E-state index is -0.612. The van der Waals surface area contributed by atoms with E-state index >= 15 is 0 Å². The number of phenols is 1. The van der Waals surface area contributed by atoms with Gasteiger partial charge in [0.05, 0.1) is 5.54 Å². The second kappa shape index (κ2) is 7.01. The molecular formula is C20H20N2O2. The molecule has 0 atom stereocenters. The minimum absolute atomic E-state index is 0.0132. The Morgan fingerprint density at radius 1 is 1.21 bits per heavy atom. The van der Waals surface area contributed by atoms with Crippen molar-refractivity contribution < 1.29 is 9.90 Å². The maximum Gasteiger partial charge on any atom is 0.262 e. The van der Waals surface area contributed by atoms with Gasteiger partial charge < -0.3 is 10.4 Å². The van der Waals surface area contributed by atoms with Crippen molar-refractivity contribution >= 4 is 12.0 Å². The quantitative estimate of drug-likeness (QED) is 0.667. The Morgan fingerprint density at radius 2 is 1.88 bits per heavy atom. The molecule has 2 aromatic carbocycles. The third-order valence-corrected chi connectivity index (χ3v) is 3.75. The molecule has 0 aromatic heterocycles. The Bertz CT molecular complexity index is 812. The van der Waals surface area contributed by atoms with Gasteiger partial charge in [0, 0.05) is 0 Å². The van der Waals surface area contributed by atoms with Crippen LogP contribution in [0.25, 0.3) is 6.08 Å². The Labute approximate surface area is 142 Å². The fraction of sp³-hybridized carbons (Fsp3) is 0.200. The van der Waals surface area contributed by atoms with Crippen molar-refractivity contribution in [2.45, 2.75) is 26.3 Å². The number of carbonyl (C=O) groups is 1. The predicted molar refractivity (Wildman–Crippen MR) is 94.0 cm³/mol. The highest BCUT2D eigenvalue weighted by Crippen LogP contribution is 2.21. The average molecular weight is 320 g/mol. The lowest BCUT2D eigenvalue weighted by atomic mass is 9.93. The summed E-state index contributed by atoms with van der Waals surface area (Å²) in [4.78, 5) is 12.5. The summed E-state index contributed by atoms with van der Waals surface area (Å²) in [6.07, 6.45) is 1.46. The summed E-state index contributed by atoms with van der Waals surface area (Å²) in [5.41, 5.74) is 2.06. The molecule has 0 saturated heterocycles. The zero-order valence-electron chi connectivity index (χ0n) is 14.0. The predicted octanol–water partition coefficient (Wildman–Crippen LogP) is 3.66. The lowest BCUT2D eigenvalue weighted by Gasteiger charge is -2.27. The van der Waals surface area contributed by atoms with Crippen molar-refractivity contribution in [2.24, 2.45) is 0 Å². The number of hydrogen-bond donors (Lipinski definition) is 2. The second-order valence-corrected chi connectivity index (χ2v) is 6.21. The highest BCUT2D eigenvalue weighted by Gasteiger charge is 2.24. The first-order valence-electron chi connectivity index (χ1n) is 7.62. The number of benzene rings is 2. The van der Waals surface area contributed by atoms with E-state index in [1.165, 1.54) is 18.2 Å². The summed E-state index contributed by atoms with van der Waals surface area (Å²) in [5.74, 6) is -0.368. The van der Waals surface area contributed by atoms with Gasteiger partial charge in [-0.3, -0.25) is 4.79 Å². The molecule has 0 aliphatic heterocycles. The molecule has 2 aromatic rings. The van der Waals surface area contributed by atoms with Crippen LogP contribution < -0.4 is 5.32 Å². The van der Waals surface area contributed by atoms with Crippen LogP contribution in [-0.4, -0.2) is 11.0 Å². The number of nitriles is 1. The van der Waals surface area contributed by atoms with Crippen LogP contribution in [0.3, 0.4) is 0 Å². The third-order valence-electron chi connectivity index (χ3n) is 3.75. The molecule has 1 amide bonds. The van der Waals surface area contributed by atoms with Crippen molar-refractivity contribution in [1.29, 1.82) is 5.26 Å². The maximum absolute atomic E-state index is 12.5. The summed E-state index contributed by atoms with van der Waals surface area (Å²) < 4.78 is 0. The standard InChI is InChI=1S/C20H20N2O2/c1-14-7-9-17(10-8-14)20(2,3)22-19(24)16(13-21)11-15-5-4-6-18(23)12-15/h4-12,23H,1-3H3,(H,22,24)/b16-11+. The van der Waals surface area contributed by atoms with Crippen LogP contribution in [0.5, 0.6) is 5.75 Å². The molecular weight excluding hydrogens is 300 g/mol. The lowest BCUT2D eigenvalue weighted by molar-refractivity contribution is -0.118. The number of rotatable bonds is 4. The summed E-state index contributed by atoms with van der Waals surface area (Å²) >= 11 is 0. The van der Waals surface area contributed by atoms with Gasteiger partial charge >= 0.3 is 0 Å². The van der Waals surface area contributed by atoms with Crippen LogP contribution in [-0.2, 0) is 10.3 Å². The van der Waals surface area contributed by atoms with E-state index in [1.54, 1.807) is 12.1 Å². The van der Waals surface area contributed by atoms with Crippen LogP contribution in [0.15, 0.2) is 54.1 Å². The highest BCUT2D eigenvalue weighted by atomic mass is 16.3. The lowest BCUT2D eigenvalue weighted by Crippen LogP contribution is -2.41. The largest absolute Gasteiger partial charge is 0.508 e. The molecule has 2 N–H and O–H groups in total. The number of hydrogen-bond acceptors (Lipinski definition) is 3. The molecule has 0 heterocycles. The van der Waals surface area contributed by atoms with Crippen molar-refractivity contribution in [3.63, 3.8) is 0 Å². The Balaban J connectivity index is 2.23. The normalized spacial score (nSPS) is 11.7. The van der Waals surface area contributed by atoms with Gasteiger partial charge in [-0.15, -0.1) is 0 Å². The molecule has 0 bridgehead atoms. The third kappa shape index (κ3) is 4.23. The zero-order valence-corrected chi connectivity index (χ0v) is 14.0. The van der Waals surface area contributed by atoms with Gasteiger partial charge in [-0.2, -0.15) is 5.26 Å². The Morgan fingerprint density at radius 3 is 2.46 bits per heavy atom. The van der Waals surface area contributed by atoms with Crippen LogP contribution in [0.4, 0.5) is 0 Å². The van der Waals surface area contributed by atoms with E-state index in [0.29, 0.717) is 5.56 Å². The van der Waals surface area contributed by atoms with Gasteiger partial charge in [-0.1, -0.05) is 42.0 Å². The fourth-order valence-electron chi connectivity index (χ4n) is 2.32. The number of amides is 1. The van der Waals surface area contributed by atoms with Crippen molar-refractivity contribution in [1.82, 2.24) is 5.32 Å². The number of carbonyl (C=O) groups excluding carboxylic acids is 1. The van der Waals surface area contributed by atoms with E-state index in [-0.39, 0.29) is 11.3 Å². The molecule has 0 unspecified atom stereocenters. The van der Waals surface area contributed by atoms with E-state index in [9.17, 15) is 15.2 Å². The molecule has 0 saturated carbocycles. The molecule has 0 aliphatic carbocycles. The smallest absolute Gasteiger partial charge is 0.262 e. The monoisotopic (exact) mass is 320 g/mol. The molecule has 0 radical (unpaired) electrons. The van der Waals surface area contributed by atoms with Gasteiger partial charge in [0.1, 0.15) is 17.4 Å². The topological polar surface area (TPSA) is 73.1 Å². The van der Waals surface area contributed by atoms with Crippen LogP contribution in [0.1, 0.15) is 30.5 Å². The molecule has 0 fully saturated rings. The SMILES string of the molecule is Cc1ccc(C(C)(C)NC(=O)/C(C#N)=C/c2cccc(O)c2)cc1. The summed E-state index contributed by atoms with van der Waals surface area (Å²) in [5, 5.41) is 21.7. The number of phenolic OH excluding ortho intramolecular Hbond substituents is 1. The van der Waals surface area contributed by atoms with E-state index in [0.717, 1.165) is 11.1 Å². The van der Waals surface area contributed by atoms with Crippen molar-refractivity contribution in [2.75, 3.05) is 0 Å². The second-order valence-electron chi connectivity index (χ2n) is 6.21. The summed E-state index contributed by atoms with van der Waals surface area (Å²) in [6, 6.07) is 16.2. The first-order chi connectivity index (χ1) is 11.3. The summed E-state index contributed by atoms with van der Waals surface area (Å²) in [6.45, 7) is 5.78. The molecule has 2 rings (SSSR count). The number of aryl methyl sites for hydroxylation is 1. The number of nitrogens with zero attached hydrogens (tertiary/aromatic N) is 1. The molecule has 24 heavy (non-hydrogen) atoms. The van der Waals surface area contributed by atoms with Crippen LogP contribution in [0, 0.1) is 18.3 Å². The Hall–Kier alpha value is -3.06. The molecule has 4 nitrogen and oxygen atoms in total. The van der Waals surface area contributed by atoms with E-state index in [4.69, 9.17) is 0 Å². The molecule has 4 heteroatoms. The molecule has 122 valence electrons. The minimum Gasteiger partial charge on any atom is -0.508 e. The van der Waals surface area contributed by atoms with Crippen LogP contribution >= 0.6 is 0 Å². The maximum atomic E-state index is 12.5. The molecule has 0 spiro atoms. The van der Waals surface area contributed by atoms with Gasteiger partial charge in [0.15, 0.2) is 0 Å².